The van der Waals surface area contributed by atoms with Crippen molar-refractivity contribution in [2.24, 2.45) is 0 Å². The van der Waals surface area contributed by atoms with Gasteiger partial charge in [0, 0.05) is 22.4 Å². The minimum Gasteiger partial charge on any atom is -0.484 e. The molecule has 2 aromatic carbocycles. The van der Waals surface area contributed by atoms with Crippen LogP contribution < -0.4 is 4.74 Å². The number of para-hydroxylation sites is 1. The average Bonchev–Trinajstić information content (AvgIpc) is 3.14. The Bertz CT molecular complexity index is 1020. The Balaban J connectivity index is 1.38. The van der Waals surface area contributed by atoms with Crippen molar-refractivity contribution in [2.45, 2.75) is 17.6 Å². The summed E-state index contributed by atoms with van der Waals surface area (Å²) < 4.78 is 11.2. The molecule has 2 aromatic heterocycles. The normalized spacial score (nSPS) is 11.0. The lowest BCUT2D eigenvalue weighted by molar-refractivity contribution is 0.252. The molecule has 0 aliphatic rings. The molecule has 26 heavy (non-hydrogen) atoms. The lowest BCUT2D eigenvalue weighted by atomic mass is 10.1. The minimum atomic E-state index is 0.213. The Labute approximate surface area is 159 Å². The van der Waals surface area contributed by atoms with Crippen LogP contribution in [0.15, 0.2) is 70.4 Å². The highest BCUT2D eigenvalue weighted by Gasteiger charge is 2.09. The molecule has 5 nitrogen and oxygen atoms in total. The number of aromatic nitrogens is 3. The largest absolute Gasteiger partial charge is 0.484 e. The second-order valence-electron chi connectivity index (χ2n) is 5.49. The molecule has 0 unspecified atom stereocenters. The van der Waals surface area contributed by atoms with E-state index < -0.39 is 0 Å². The number of hydrogen-bond donors (Lipinski definition) is 0. The second-order valence-corrected chi connectivity index (χ2v) is 6.85. The average molecular weight is 384 g/mol. The van der Waals surface area contributed by atoms with E-state index in [1.807, 2.05) is 12.1 Å². The van der Waals surface area contributed by atoms with Crippen LogP contribution in [0.4, 0.5) is 0 Å². The van der Waals surface area contributed by atoms with Gasteiger partial charge in [-0.05, 0) is 35.9 Å². The smallest absolute Gasteiger partial charge is 0.277 e. The fourth-order valence-corrected chi connectivity index (χ4v) is 3.35. The van der Waals surface area contributed by atoms with Gasteiger partial charge in [-0.2, -0.15) is 0 Å². The van der Waals surface area contributed by atoms with Crippen molar-refractivity contribution >= 4 is 34.3 Å². The summed E-state index contributed by atoms with van der Waals surface area (Å²) in [6.45, 7) is 0.213. The van der Waals surface area contributed by atoms with Gasteiger partial charge in [-0.25, -0.2) is 0 Å². The number of ether oxygens (including phenoxy) is 1. The molecular formula is C19H14ClN3O2S. The van der Waals surface area contributed by atoms with Crippen LogP contribution in [-0.2, 0) is 12.4 Å². The van der Waals surface area contributed by atoms with Crippen LogP contribution in [0.3, 0.4) is 0 Å². The van der Waals surface area contributed by atoms with Gasteiger partial charge in [0.25, 0.3) is 11.1 Å². The molecule has 0 atom stereocenters. The molecule has 0 saturated heterocycles. The van der Waals surface area contributed by atoms with Gasteiger partial charge in [-0.15, -0.1) is 10.2 Å². The fourth-order valence-electron chi connectivity index (χ4n) is 2.45. The molecule has 0 spiro atoms. The first-order valence-electron chi connectivity index (χ1n) is 7.94. The molecular weight excluding hydrogens is 370 g/mol. The predicted octanol–water partition coefficient (Wildman–Crippen LogP) is 5.14. The summed E-state index contributed by atoms with van der Waals surface area (Å²) in [6, 6.07) is 17.2. The first-order chi connectivity index (χ1) is 12.8. The molecule has 0 radical (unpaired) electrons. The summed E-state index contributed by atoms with van der Waals surface area (Å²) in [6.07, 6.45) is 1.80. The zero-order chi connectivity index (χ0) is 17.8. The van der Waals surface area contributed by atoms with Gasteiger partial charge >= 0.3 is 0 Å². The van der Waals surface area contributed by atoms with E-state index in [4.69, 9.17) is 20.8 Å². The van der Waals surface area contributed by atoms with Crippen molar-refractivity contribution in [3.63, 3.8) is 0 Å². The van der Waals surface area contributed by atoms with Gasteiger partial charge in [0.2, 0.25) is 0 Å². The highest BCUT2D eigenvalue weighted by Crippen LogP contribution is 2.26. The van der Waals surface area contributed by atoms with E-state index in [1.54, 1.807) is 30.5 Å². The first-order valence-corrected chi connectivity index (χ1v) is 9.30. The van der Waals surface area contributed by atoms with Crippen molar-refractivity contribution < 1.29 is 9.15 Å². The zero-order valence-electron chi connectivity index (χ0n) is 13.6. The van der Waals surface area contributed by atoms with Crippen LogP contribution in [0, 0.1) is 0 Å². The Hall–Kier alpha value is -2.57. The zero-order valence-corrected chi connectivity index (χ0v) is 15.2. The van der Waals surface area contributed by atoms with Crippen molar-refractivity contribution in [1.82, 2.24) is 15.2 Å². The summed E-state index contributed by atoms with van der Waals surface area (Å²) in [4.78, 5) is 4.46. The van der Waals surface area contributed by atoms with Crippen LogP contribution in [0.5, 0.6) is 5.75 Å². The molecule has 0 aliphatic heterocycles. The fraction of sp³-hybridized carbons (Fsp3) is 0.105. The van der Waals surface area contributed by atoms with E-state index in [0.29, 0.717) is 27.6 Å². The molecule has 4 rings (SSSR count). The van der Waals surface area contributed by atoms with E-state index in [2.05, 4.69) is 33.4 Å². The highest BCUT2D eigenvalue weighted by molar-refractivity contribution is 7.98. The predicted molar refractivity (Wildman–Crippen MR) is 101 cm³/mol. The van der Waals surface area contributed by atoms with Crippen molar-refractivity contribution in [1.29, 1.82) is 0 Å². The summed E-state index contributed by atoms with van der Waals surface area (Å²) in [5, 5.41) is 10.4. The number of fused-ring (bicyclic) bond motifs is 1. The topological polar surface area (TPSA) is 61.0 Å². The Morgan fingerprint density at radius 3 is 2.73 bits per heavy atom. The molecule has 7 heteroatoms. The van der Waals surface area contributed by atoms with E-state index in [9.17, 15) is 0 Å². The molecule has 0 aliphatic carbocycles. The van der Waals surface area contributed by atoms with Crippen molar-refractivity contribution in [3.8, 4) is 5.75 Å². The number of nitrogens with zero attached hydrogens (tertiary/aromatic N) is 3. The van der Waals surface area contributed by atoms with Gasteiger partial charge in [0.05, 0.1) is 5.52 Å². The molecule has 130 valence electrons. The molecule has 0 fully saturated rings. The second kappa shape index (κ2) is 7.76. The maximum atomic E-state index is 5.85. The van der Waals surface area contributed by atoms with Crippen LogP contribution in [-0.4, -0.2) is 15.2 Å². The summed E-state index contributed by atoms with van der Waals surface area (Å²) in [5.74, 6) is 1.83. The van der Waals surface area contributed by atoms with Crippen LogP contribution in [0.25, 0.3) is 10.9 Å². The molecule has 0 saturated carbocycles. The molecule has 0 amide bonds. The van der Waals surface area contributed by atoms with Gasteiger partial charge in [0.15, 0.2) is 6.61 Å². The highest BCUT2D eigenvalue weighted by atomic mass is 35.5. The summed E-state index contributed by atoms with van der Waals surface area (Å²) in [5.41, 5.74) is 2.12. The third kappa shape index (κ3) is 3.98. The van der Waals surface area contributed by atoms with E-state index in [0.717, 1.165) is 16.5 Å². The first kappa shape index (κ1) is 16.9. The lowest BCUT2D eigenvalue weighted by Gasteiger charge is -2.03. The van der Waals surface area contributed by atoms with E-state index in [-0.39, 0.29) is 6.61 Å². The SMILES string of the molecule is Clc1ccc(OCc2nnc(SCc3cccc4cccnc34)o2)cc1. The third-order valence-corrected chi connectivity index (χ3v) is 4.81. The molecule has 4 aromatic rings. The number of rotatable bonds is 6. The van der Waals surface area contributed by atoms with Crippen LogP contribution >= 0.6 is 23.4 Å². The number of hydrogen-bond acceptors (Lipinski definition) is 6. The quantitative estimate of drug-likeness (QED) is 0.429. The Morgan fingerprint density at radius 2 is 1.85 bits per heavy atom. The van der Waals surface area contributed by atoms with Gasteiger partial charge in [-0.1, -0.05) is 47.6 Å². The lowest BCUT2D eigenvalue weighted by Crippen LogP contribution is -1.95. The molecule has 0 N–H and O–H groups in total. The molecule has 0 bridgehead atoms. The minimum absolute atomic E-state index is 0.213. The van der Waals surface area contributed by atoms with Crippen LogP contribution in [0.2, 0.25) is 5.02 Å². The molecule has 2 heterocycles. The maximum Gasteiger partial charge on any atom is 0.277 e. The van der Waals surface area contributed by atoms with Gasteiger partial charge < -0.3 is 9.15 Å². The Morgan fingerprint density at radius 1 is 1.00 bits per heavy atom. The number of benzene rings is 2. The van der Waals surface area contributed by atoms with Crippen molar-refractivity contribution in [2.75, 3.05) is 0 Å². The number of halogens is 1. The van der Waals surface area contributed by atoms with E-state index >= 15 is 0 Å². The van der Waals surface area contributed by atoms with Gasteiger partial charge in [0.1, 0.15) is 5.75 Å². The van der Waals surface area contributed by atoms with E-state index in [1.165, 1.54) is 11.8 Å². The Kier molecular flexibility index (Phi) is 5.04. The summed E-state index contributed by atoms with van der Waals surface area (Å²) in [7, 11) is 0. The number of pyridine rings is 1. The number of thioether (sulfide) groups is 1. The van der Waals surface area contributed by atoms with Crippen molar-refractivity contribution in [3.05, 3.63) is 77.3 Å². The van der Waals surface area contributed by atoms with Crippen LogP contribution in [0.1, 0.15) is 11.5 Å². The third-order valence-electron chi connectivity index (χ3n) is 3.69. The standard InChI is InChI=1S/C19H14ClN3O2S/c20-15-6-8-16(9-7-15)24-11-17-22-23-19(25-17)26-12-14-4-1-3-13-5-2-10-21-18(13)14/h1-10H,11-12H2. The van der Waals surface area contributed by atoms with Gasteiger partial charge in [-0.3, -0.25) is 4.98 Å². The summed E-state index contributed by atoms with van der Waals surface area (Å²) >= 11 is 7.33. The maximum absolute atomic E-state index is 5.85. The monoisotopic (exact) mass is 383 g/mol.